The summed E-state index contributed by atoms with van der Waals surface area (Å²) in [6.45, 7) is 3.44. The van der Waals surface area contributed by atoms with E-state index in [1.807, 2.05) is 31.2 Å². The molecule has 0 aliphatic carbocycles. The van der Waals surface area contributed by atoms with Crippen LogP contribution in [0.15, 0.2) is 24.3 Å². The molecule has 17 heavy (non-hydrogen) atoms. The molecule has 0 bridgehead atoms. The van der Waals surface area contributed by atoms with Gasteiger partial charge in [-0.3, -0.25) is 4.79 Å². The minimum Gasteiger partial charge on any atom is -0.497 e. The molecule has 0 aliphatic heterocycles. The molecule has 2 rings (SSSR count). The van der Waals surface area contributed by atoms with Crippen LogP contribution in [-0.4, -0.2) is 17.9 Å². The third-order valence-corrected chi connectivity index (χ3v) is 3.42. The average molecular weight is 247 g/mol. The maximum Gasteiger partial charge on any atom is 0.179 e. The SMILES string of the molecule is COc1cccc(-c2sc(C)nc2C(C)=O)c1. The molecule has 2 aromatic rings. The lowest BCUT2D eigenvalue weighted by Gasteiger charge is -2.03. The number of hydrogen-bond donors (Lipinski definition) is 0. The number of rotatable bonds is 3. The highest BCUT2D eigenvalue weighted by Gasteiger charge is 2.15. The van der Waals surface area contributed by atoms with Gasteiger partial charge in [0.05, 0.1) is 17.0 Å². The van der Waals surface area contributed by atoms with Crippen LogP contribution in [-0.2, 0) is 0 Å². The van der Waals surface area contributed by atoms with E-state index in [0.29, 0.717) is 5.69 Å². The third-order valence-electron chi connectivity index (χ3n) is 2.40. The molecular formula is C13H13NO2S. The number of aryl methyl sites for hydroxylation is 1. The Kier molecular flexibility index (Phi) is 3.24. The molecule has 0 N–H and O–H groups in total. The number of thiazole rings is 1. The van der Waals surface area contributed by atoms with E-state index in [9.17, 15) is 4.79 Å². The Hall–Kier alpha value is -1.68. The Morgan fingerprint density at radius 3 is 2.82 bits per heavy atom. The van der Waals surface area contributed by atoms with Crippen LogP contribution in [0.25, 0.3) is 10.4 Å². The summed E-state index contributed by atoms with van der Waals surface area (Å²) in [6.07, 6.45) is 0. The first kappa shape index (κ1) is 11.8. The Labute approximate surface area is 104 Å². The largest absolute Gasteiger partial charge is 0.497 e. The van der Waals surface area contributed by atoms with Gasteiger partial charge in [0.2, 0.25) is 0 Å². The van der Waals surface area contributed by atoms with Crippen LogP contribution >= 0.6 is 11.3 Å². The van der Waals surface area contributed by atoms with Gasteiger partial charge in [-0.1, -0.05) is 12.1 Å². The molecule has 0 saturated heterocycles. The van der Waals surface area contributed by atoms with E-state index in [2.05, 4.69) is 4.98 Å². The first-order valence-electron chi connectivity index (χ1n) is 5.24. The highest BCUT2D eigenvalue weighted by molar-refractivity contribution is 7.15. The predicted molar refractivity (Wildman–Crippen MR) is 68.8 cm³/mol. The van der Waals surface area contributed by atoms with Crippen molar-refractivity contribution in [2.24, 2.45) is 0 Å². The Balaban J connectivity index is 2.55. The fourth-order valence-corrected chi connectivity index (χ4v) is 2.59. The monoisotopic (exact) mass is 247 g/mol. The molecule has 0 amide bonds. The second-order valence-corrected chi connectivity index (χ2v) is 4.90. The van der Waals surface area contributed by atoms with Crippen molar-refractivity contribution >= 4 is 17.1 Å². The second-order valence-electron chi connectivity index (χ2n) is 3.70. The molecule has 0 saturated carbocycles. The molecule has 88 valence electrons. The Morgan fingerprint density at radius 1 is 1.41 bits per heavy atom. The van der Waals surface area contributed by atoms with Crippen molar-refractivity contribution in [3.8, 4) is 16.2 Å². The number of Topliss-reactive ketones (excluding diaryl/α,β-unsaturated/α-hetero) is 1. The van der Waals surface area contributed by atoms with Crippen LogP contribution < -0.4 is 4.74 Å². The predicted octanol–water partition coefficient (Wildman–Crippen LogP) is 3.33. The van der Waals surface area contributed by atoms with Crippen LogP contribution in [0.4, 0.5) is 0 Å². The number of ether oxygens (including phenoxy) is 1. The molecule has 1 heterocycles. The van der Waals surface area contributed by atoms with Gasteiger partial charge in [-0.2, -0.15) is 0 Å². The molecule has 1 aromatic heterocycles. The molecular weight excluding hydrogens is 234 g/mol. The molecule has 1 aromatic carbocycles. The first-order chi connectivity index (χ1) is 8.11. The number of carbonyl (C=O) groups is 1. The average Bonchev–Trinajstić information content (AvgIpc) is 2.72. The standard InChI is InChI=1S/C13H13NO2S/c1-8(15)12-13(17-9(2)14-12)10-5-4-6-11(7-10)16-3/h4-7H,1-3H3. The molecule has 0 radical (unpaired) electrons. The molecule has 3 nitrogen and oxygen atoms in total. The summed E-state index contributed by atoms with van der Waals surface area (Å²) < 4.78 is 5.18. The van der Waals surface area contributed by atoms with Crippen LogP contribution in [0.3, 0.4) is 0 Å². The van der Waals surface area contributed by atoms with Crippen molar-refractivity contribution in [2.75, 3.05) is 7.11 Å². The van der Waals surface area contributed by atoms with E-state index >= 15 is 0 Å². The summed E-state index contributed by atoms with van der Waals surface area (Å²) in [4.78, 5) is 16.7. The minimum atomic E-state index is -0.00725. The second kappa shape index (κ2) is 4.67. The lowest BCUT2D eigenvalue weighted by molar-refractivity contribution is 0.101. The smallest absolute Gasteiger partial charge is 0.179 e. The summed E-state index contributed by atoms with van der Waals surface area (Å²) in [5.74, 6) is 0.773. The zero-order valence-corrected chi connectivity index (χ0v) is 10.8. The van der Waals surface area contributed by atoms with E-state index in [0.717, 1.165) is 21.2 Å². The van der Waals surface area contributed by atoms with Gasteiger partial charge in [0.25, 0.3) is 0 Å². The lowest BCUT2D eigenvalue weighted by Crippen LogP contribution is -1.95. The first-order valence-corrected chi connectivity index (χ1v) is 6.06. The molecule has 4 heteroatoms. The summed E-state index contributed by atoms with van der Waals surface area (Å²) in [5.41, 5.74) is 1.51. The normalized spacial score (nSPS) is 10.3. The highest BCUT2D eigenvalue weighted by Crippen LogP contribution is 2.32. The molecule has 0 atom stereocenters. The minimum absolute atomic E-state index is 0.00725. The van der Waals surface area contributed by atoms with Crippen molar-refractivity contribution < 1.29 is 9.53 Å². The summed E-state index contributed by atoms with van der Waals surface area (Å²) >= 11 is 1.53. The van der Waals surface area contributed by atoms with Gasteiger partial charge in [-0.25, -0.2) is 4.98 Å². The maximum atomic E-state index is 11.5. The summed E-state index contributed by atoms with van der Waals surface area (Å²) in [7, 11) is 1.63. The van der Waals surface area contributed by atoms with Gasteiger partial charge in [0, 0.05) is 6.92 Å². The molecule has 0 spiro atoms. The van der Waals surface area contributed by atoms with Crippen LogP contribution in [0, 0.1) is 6.92 Å². The van der Waals surface area contributed by atoms with Crippen LogP contribution in [0.5, 0.6) is 5.75 Å². The third kappa shape index (κ3) is 2.36. The number of benzene rings is 1. The topological polar surface area (TPSA) is 39.2 Å². The number of methoxy groups -OCH3 is 1. The number of carbonyl (C=O) groups excluding carboxylic acids is 1. The van der Waals surface area contributed by atoms with Crippen molar-refractivity contribution in [2.45, 2.75) is 13.8 Å². The quantitative estimate of drug-likeness (QED) is 0.781. The van der Waals surface area contributed by atoms with E-state index in [4.69, 9.17) is 4.74 Å². The van der Waals surface area contributed by atoms with Gasteiger partial charge in [0.1, 0.15) is 11.4 Å². The van der Waals surface area contributed by atoms with Crippen molar-refractivity contribution in [1.29, 1.82) is 0 Å². The van der Waals surface area contributed by atoms with Gasteiger partial charge in [-0.05, 0) is 24.6 Å². The fraction of sp³-hybridized carbons (Fsp3) is 0.231. The number of aromatic nitrogens is 1. The van der Waals surface area contributed by atoms with Gasteiger partial charge in [-0.15, -0.1) is 11.3 Å². The zero-order chi connectivity index (χ0) is 12.4. The summed E-state index contributed by atoms with van der Waals surface area (Å²) in [6, 6.07) is 7.67. The van der Waals surface area contributed by atoms with Crippen molar-refractivity contribution in [3.63, 3.8) is 0 Å². The number of ketones is 1. The van der Waals surface area contributed by atoms with E-state index in [1.165, 1.54) is 18.3 Å². The van der Waals surface area contributed by atoms with Gasteiger partial charge in [0.15, 0.2) is 5.78 Å². The van der Waals surface area contributed by atoms with Gasteiger partial charge >= 0.3 is 0 Å². The molecule has 0 aliphatic rings. The number of nitrogens with zero attached hydrogens (tertiary/aromatic N) is 1. The fourth-order valence-electron chi connectivity index (χ4n) is 1.63. The highest BCUT2D eigenvalue weighted by atomic mass is 32.1. The van der Waals surface area contributed by atoms with Crippen LogP contribution in [0.1, 0.15) is 22.4 Å². The van der Waals surface area contributed by atoms with E-state index < -0.39 is 0 Å². The van der Waals surface area contributed by atoms with Crippen LogP contribution in [0.2, 0.25) is 0 Å². The zero-order valence-electron chi connectivity index (χ0n) is 9.98. The molecule has 0 fully saturated rings. The van der Waals surface area contributed by atoms with Crippen molar-refractivity contribution in [1.82, 2.24) is 4.98 Å². The Bertz CT molecular complexity index is 560. The molecule has 0 unspecified atom stereocenters. The van der Waals surface area contributed by atoms with E-state index in [1.54, 1.807) is 7.11 Å². The van der Waals surface area contributed by atoms with Crippen molar-refractivity contribution in [3.05, 3.63) is 35.0 Å². The summed E-state index contributed by atoms with van der Waals surface area (Å²) in [5, 5.41) is 0.896. The van der Waals surface area contributed by atoms with Gasteiger partial charge < -0.3 is 4.74 Å². The van der Waals surface area contributed by atoms with E-state index in [-0.39, 0.29) is 5.78 Å². The lowest BCUT2D eigenvalue weighted by atomic mass is 10.1. The Morgan fingerprint density at radius 2 is 2.18 bits per heavy atom. The maximum absolute atomic E-state index is 11.5. The number of hydrogen-bond acceptors (Lipinski definition) is 4.